The van der Waals surface area contributed by atoms with Crippen LogP contribution in [-0.2, 0) is 9.53 Å². The van der Waals surface area contributed by atoms with E-state index in [0.29, 0.717) is 4.90 Å². The molecular formula is C13H16N2O6S. The Morgan fingerprint density at radius 2 is 2.18 bits per heavy atom. The van der Waals surface area contributed by atoms with Crippen LogP contribution in [0.3, 0.4) is 0 Å². The van der Waals surface area contributed by atoms with E-state index in [1.807, 2.05) is 0 Å². The molecule has 120 valence electrons. The first-order chi connectivity index (χ1) is 10.4. The van der Waals surface area contributed by atoms with Gasteiger partial charge < -0.3 is 15.2 Å². The molecule has 1 rings (SSSR count). The van der Waals surface area contributed by atoms with Gasteiger partial charge in [-0.15, -0.1) is 11.8 Å². The third-order valence-electron chi connectivity index (χ3n) is 2.85. The van der Waals surface area contributed by atoms with Crippen LogP contribution in [0.4, 0.5) is 5.69 Å². The second-order valence-electron chi connectivity index (χ2n) is 4.29. The number of hydrogen-bond donors (Lipinski definition) is 2. The Morgan fingerprint density at radius 1 is 1.50 bits per heavy atom. The number of ether oxygens (including phenoxy) is 1. The standard InChI is InChI=1S/C13H16N2O6S/c1-21-6-5-9(13(17)18)14-12(16)8-3-4-11(22-2)10(7-8)15(19)20/h3-4,7,9H,5-6H2,1-2H3,(H,14,16)(H,17,18). The summed E-state index contributed by atoms with van der Waals surface area (Å²) in [5, 5.41) is 22.3. The Bertz CT molecular complexity index is 578. The molecule has 22 heavy (non-hydrogen) atoms. The number of rotatable bonds is 8. The summed E-state index contributed by atoms with van der Waals surface area (Å²) in [7, 11) is 1.42. The molecule has 1 atom stereocenters. The smallest absolute Gasteiger partial charge is 0.326 e. The van der Waals surface area contributed by atoms with Crippen LogP contribution >= 0.6 is 11.8 Å². The van der Waals surface area contributed by atoms with Crippen LogP contribution in [0.5, 0.6) is 0 Å². The zero-order valence-corrected chi connectivity index (χ0v) is 12.9. The highest BCUT2D eigenvalue weighted by molar-refractivity contribution is 7.98. The Hall–Kier alpha value is -2.13. The first kappa shape index (κ1) is 17.9. The number of methoxy groups -OCH3 is 1. The van der Waals surface area contributed by atoms with E-state index in [1.54, 1.807) is 6.26 Å². The summed E-state index contributed by atoms with van der Waals surface area (Å²) in [6.07, 6.45) is 1.79. The van der Waals surface area contributed by atoms with E-state index in [2.05, 4.69) is 5.32 Å². The van der Waals surface area contributed by atoms with E-state index in [4.69, 9.17) is 9.84 Å². The highest BCUT2D eigenvalue weighted by Crippen LogP contribution is 2.28. The summed E-state index contributed by atoms with van der Waals surface area (Å²) < 4.78 is 4.78. The number of carbonyl (C=O) groups excluding carboxylic acids is 1. The first-order valence-electron chi connectivity index (χ1n) is 6.25. The maximum absolute atomic E-state index is 12.1. The van der Waals surface area contributed by atoms with E-state index in [-0.39, 0.29) is 24.3 Å². The monoisotopic (exact) mass is 328 g/mol. The molecule has 0 saturated heterocycles. The van der Waals surface area contributed by atoms with E-state index in [1.165, 1.54) is 31.0 Å². The van der Waals surface area contributed by atoms with Crippen molar-refractivity contribution in [3.63, 3.8) is 0 Å². The summed E-state index contributed by atoms with van der Waals surface area (Å²) in [4.78, 5) is 33.9. The van der Waals surface area contributed by atoms with Crippen LogP contribution in [0.2, 0.25) is 0 Å². The molecule has 1 amide bonds. The quantitative estimate of drug-likeness (QED) is 0.422. The number of carbonyl (C=O) groups is 2. The molecule has 0 aromatic heterocycles. The fourth-order valence-electron chi connectivity index (χ4n) is 1.71. The predicted molar refractivity (Wildman–Crippen MR) is 80.3 cm³/mol. The van der Waals surface area contributed by atoms with Gasteiger partial charge in [0.25, 0.3) is 11.6 Å². The lowest BCUT2D eigenvalue weighted by molar-refractivity contribution is -0.387. The Kier molecular flexibility index (Phi) is 6.80. The van der Waals surface area contributed by atoms with E-state index in [0.717, 1.165) is 6.07 Å². The lowest BCUT2D eigenvalue weighted by Gasteiger charge is -2.14. The largest absolute Gasteiger partial charge is 0.480 e. The van der Waals surface area contributed by atoms with Crippen molar-refractivity contribution in [1.82, 2.24) is 5.32 Å². The van der Waals surface area contributed by atoms with Gasteiger partial charge in [0.05, 0.1) is 9.82 Å². The van der Waals surface area contributed by atoms with E-state index in [9.17, 15) is 19.7 Å². The minimum atomic E-state index is -1.19. The maximum Gasteiger partial charge on any atom is 0.326 e. The van der Waals surface area contributed by atoms with Crippen LogP contribution < -0.4 is 5.32 Å². The van der Waals surface area contributed by atoms with Gasteiger partial charge in [0.2, 0.25) is 0 Å². The Morgan fingerprint density at radius 3 is 2.68 bits per heavy atom. The zero-order chi connectivity index (χ0) is 16.7. The number of benzene rings is 1. The summed E-state index contributed by atoms with van der Waals surface area (Å²) in [6.45, 7) is 0.169. The minimum Gasteiger partial charge on any atom is -0.480 e. The van der Waals surface area contributed by atoms with Crippen molar-refractivity contribution in [1.29, 1.82) is 0 Å². The van der Waals surface area contributed by atoms with Crippen molar-refractivity contribution in [2.75, 3.05) is 20.0 Å². The van der Waals surface area contributed by atoms with Crippen LogP contribution in [0.1, 0.15) is 16.8 Å². The molecule has 0 saturated carbocycles. The second-order valence-corrected chi connectivity index (χ2v) is 5.14. The topological polar surface area (TPSA) is 119 Å². The predicted octanol–water partition coefficient (Wildman–Crippen LogP) is 1.54. The van der Waals surface area contributed by atoms with Crippen molar-refractivity contribution >= 4 is 29.3 Å². The maximum atomic E-state index is 12.1. The van der Waals surface area contributed by atoms with Crippen molar-refractivity contribution in [2.24, 2.45) is 0 Å². The van der Waals surface area contributed by atoms with Crippen molar-refractivity contribution < 1.29 is 24.4 Å². The normalized spacial score (nSPS) is 11.7. The summed E-state index contributed by atoms with van der Waals surface area (Å²) >= 11 is 1.19. The van der Waals surface area contributed by atoms with Gasteiger partial charge in [0, 0.05) is 31.8 Å². The SMILES string of the molecule is COCCC(NC(=O)c1ccc(SC)c([N+](=O)[O-])c1)C(=O)O. The number of nitrogens with zero attached hydrogens (tertiary/aromatic N) is 1. The lowest BCUT2D eigenvalue weighted by atomic mass is 10.1. The van der Waals surface area contributed by atoms with Crippen LogP contribution in [0.25, 0.3) is 0 Å². The summed E-state index contributed by atoms with van der Waals surface area (Å²) in [5.74, 6) is -1.88. The number of thioether (sulfide) groups is 1. The van der Waals surface area contributed by atoms with Gasteiger partial charge in [-0.1, -0.05) is 0 Å². The molecule has 0 aliphatic heterocycles. The number of carboxylic acid groups (broad SMARTS) is 1. The highest BCUT2D eigenvalue weighted by atomic mass is 32.2. The fraction of sp³-hybridized carbons (Fsp3) is 0.385. The van der Waals surface area contributed by atoms with Crippen LogP contribution in [0.15, 0.2) is 23.1 Å². The molecule has 1 unspecified atom stereocenters. The molecule has 0 heterocycles. The molecule has 0 radical (unpaired) electrons. The molecule has 2 N–H and O–H groups in total. The number of nitro benzene ring substituents is 1. The Labute approximate surface area is 131 Å². The number of carboxylic acids is 1. The molecule has 1 aromatic carbocycles. The minimum absolute atomic E-state index is 0.0353. The van der Waals surface area contributed by atoms with Gasteiger partial charge in [-0.25, -0.2) is 4.79 Å². The highest BCUT2D eigenvalue weighted by Gasteiger charge is 2.22. The number of amides is 1. The molecule has 0 aliphatic carbocycles. The molecule has 0 fully saturated rings. The lowest BCUT2D eigenvalue weighted by Crippen LogP contribution is -2.41. The Balaban J connectivity index is 2.95. The second kappa shape index (κ2) is 8.35. The third kappa shape index (κ3) is 4.71. The van der Waals surface area contributed by atoms with Gasteiger partial charge in [0.1, 0.15) is 6.04 Å². The first-order valence-corrected chi connectivity index (χ1v) is 7.48. The van der Waals surface area contributed by atoms with Gasteiger partial charge in [-0.2, -0.15) is 0 Å². The third-order valence-corrected chi connectivity index (χ3v) is 3.64. The van der Waals surface area contributed by atoms with Gasteiger partial charge in [-0.05, 0) is 18.4 Å². The van der Waals surface area contributed by atoms with Crippen LogP contribution in [-0.4, -0.2) is 47.9 Å². The number of hydrogen-bond acceptors (Lipinski definition) is 6. The molecule has 0 bridgehead atoms. The molecule has 0 aliphatic rings. The van der Waals surface area contributed by atoms with E-state index < -0.39 is 22.8 Å². The molecule has 0 spiro atoms. The number of aliphatic carboxylic acids is 1. The van der Waals surface area contributed by atoms with Gasteiger partial charge in [0.15, 0.2) is 0 Å². The van der Waals surface area contributed by atoms with E-state index >= 15 is 0 Å². The molecule has 1 aromatic rings. The zero-order valence-electron chi connectivity index (χ0n) is 12.1. The average molecular weight is 328 g/mol. The van der Waals surface area contributed by atoms with Gasteiger partial charge in [-0.3, -0.25) is 14.9 Å². The van der Waals surface area contributed by atoms with Crippen molar-refractivity contribution in [3.8, 4) is 0 Å². The molecular weight excluding hydrogens is 312 g/mol. The van der Waals surface area contributed by atoms with Gasteiger partial charge >= 0.3 is 5.97 Å². The van der Waals surface area contributed by atoms with Crippen molar-refractivity contribution in [2.45, 2.75) is 17.4 Å². The molecule has 8 nitrogen and oxygen atoms in total. The number of nitro groups is 1. The number of nitrogens with one attached hydrogen (secondary N) is 1. The summed E-state index contributed by atoms with van der Waals surface area (Å²) in [6, 6.07) is 2.90. The average Bonchev–Trinajstić information content (AvgIpc) is 2.50. The van der Waals surface area contributed by atoms with Crippen molar-refractivity contribution in [3.05, 3.63) is 33.9 Å². The molecule has 9 heteroatoms. The van der Waals surface area contributed by atoms with Crippen LogP contribution in [0, 0.1) is 10.1 Å². The fourth-order valence-corrected chi connectivity index (χ4v) is 2.26. The summed E-state index contributed by atoms with van der Waals surface area (Å²) in [5.41, 5.74) is -0.155.